The minimum absolute atomic E-state index is 0.0139. The molecule has 7 heteroatoms. The van der Waals surface area contributed by atoms with E-state index >= 15 is 0 Å². The van der Waals surface area contributed by atoms with E-state index in [1.807, 2.05) is 59.2 Å². The molecule has 34 heavy (non-hydrogen) atoms. The molecule has 2 heterocycles. The lowest BCUT2D eigenvalue weighted by atomic mass is 9.96. The van der Waals surface area contributed by atoms with Gasteiger partial charge < -0.3 is 15.1 Å². The van der Waals surface area contributed by atoms with Crippen molar-refractivity contribution in [1.29, 1.82) is 0 Å². The van der Waals surface area contributed by atoms with Gasteiger partial charge in [0.25, 0.3) is 5.56 Å². The number of carbonyl (C=O) groups excluding carboxylic acids is 1. The minimum atomic E-state index is -0.0790. The lowest BCUT2D eigenvalue weighted by molar-refractivity contribution is -0.125. The van der Waals surface area contributed by atoms with E-state index in [1.165, 1.54) is 0 Å². The van der Waals surface area contributed by atoms with Crippen molar-refractivity contribution >= 4 is 22.8 Å². The SMILES string of the molecule is CCN(CC)CCNC(=O)C1CCN(c2nc3ccccc3n(Cc3ccccc3)c2=O)CC1. The Bertz CT molecular complexity index is 1150. The van der Waals surface area contributed by atoms with Crippen molar-refractivity contribution in [2.75, 3.05) is 44.2 Å². The number of anilines is 1. The lowest BCUT2D eigenvalue weighted by Crippen LogP contribution is -2.44. The second-order valence-electron chi connectivity index (χ2n) is 8.88. The molecule has 1 aromatic heterocycles. The fraction of sp³-hybridized carbons (Fsp3) is 0.444. The summed E-state index contributed by atoms with van der Waals surface area (Å²) in [6, 6.07) is 17.8. The zero-order valence-corrected chi connectivity index (χ0v) is 20.2. The van der Waals surface area contributed by atoms with Gasteiger partial charge in [0.2, 0.25) is 5.91 Å². The molecular formula is C27H35N5O2. The molecule has 3 aromatic rings. The summed E-state index contributed by atoms with van der Waals surface area (Å²) in [4.78, 5) is 35.3. The van der Waals surface area contributed by atoms with Gasteiger partial charge in [0.15, 0.2) is 5.82 Å². The summed E-state index contributed by atoms with van der Waals surface area (Å²) in [6.07, 6.45) is 1.45. The van der Waals surface area contributed by atoms with Gasteiger partial charge in [0.1, 0.15) is 0 Å². The Morgan fingerprint density at radius 2 is 1.71 bits per heavy atom. The molecule has 1 aliphatic rings. The van der Waals surface area contributed by atoms with E-state index in [2.05, 4.69) is 29.0 Å². The fourth-order valence-electron chi connectivity index (χ4n) is 4.68. The van der Waals surface area contributed by atoms with Gasteiger partial charge in [-0.05, 0) is 43.6 Å². The van der Waals surface area contributed by atoms with Crippen molar-refractivity contribution in [3.05, 3.63) is 70.5 Å². The first-order valence-electron chi connectivity index (χ1n) is 12.4. The highest BCUT2D eigenvalue weighted by Gasteiger charge is 2.27. The van der Waals surface area contributed by atoms with Gasteiger partial charge >= 0.3 is 0 Å². The van der Waals surface area contributed by atoms with Crippen molar-refractivity contribution < 1.29 is 4.79 Å². The molecular weight excluding hydrogens is 426 g/mol. The fourth-order valence-corrected chi connectivity index (χ4v) is 4.68. The van der Waals surface area contributed by atoms with Crippen molar-refractivity contribution in [1.82, 2.24) is 19.8 Å². The van der Waals surface area contributed by atoms with Gasteiger partial charge in [0, 0.05) is 32.1 Å². The summed E-state index contributed by atoms with van der Waals surface area (Å²) in [7, 11) is 0. The Morgan fingerprint density at radius 1 is 1.03 bits per heavy atom. The van der Waals surface area contributed by atoms with Crippen molar-refractivity contribution in [3.8, 4) is 0 Å². The number of carbonyl (C=O) groups is 1. The van der Waals surface area contributed by atoms with E-state index in [0.29, 0.717) is 32.0 Å². The molecule has 0 spiro atoms. The Hall–Kier alpha value is -3.19. The normalized spacial score (nSPS) is 14.6. The molecule has 0 saturated carbocycles. The third kappa shape index (κ3) is 5.47. The molecule has 4 rings (SSSR count). The maximum Gasteiger partial charge on any atom is 0.294 e. The number of hydrogen-bond donors (Lipinski definition) is 1. The Kier molecular flexibility index (Phi) is 7.95. The van der Waals surface area contributed by atoms with E-state index in [0.717, 1.165) is 49.1 Å². The number of fused-ring (bicyclic) bond motifs is 1. The van der Waals surface area contributed by atoms with E-state index in [9.17, 15) is 9.59 Å². The average molecular weight is 462 g/mol. The highest BCUT2D eigenvalue weighted by atomic mass is 16.2. The number of piperidine rings is 1. The van der Waals surface area contributed by atoms with Gasteiger partial charge in [-0.2, -0.15) is 0 Å². The first-order chi connectivity index (χ1) is 16.6. The van der Waals surface area contributed by atoms with Crippen LogP contribution in [-0.2, 0) is 11.3 Å². The number of rotatable bonds is 9. The Morgan fingerprint density at radius 3 is 2.41 bits per heavy atom. The summed E-state index contributed by atoms with van der Waals surface area (Å²) in [6.45, 7) is 9.61. The number of benzene rings is 2. The second-order valence-corrected chi connectivity index (χ2v) is 8.88. The van der Waals surface area contributed by atoms with Gasteiger partial charge in [-0.1, -0.05) is 56.3 Å². The van der Waals surface area contributed by atoms with Crippen LogP contribution in [0.5, 0.6) is 0 Å². The van der Waals surface area contributed by atoms with Gasteiger partial charge in [-0.15, -0.1) is 0 Å². The summed E-state index contributed by atoms with van der Waals surface area (Å²) < 4.78 is 1.82. The van der Waals surface area contributed by atoms with Gasteiger partial charge in [-0.25, -0.2) is 4.98 Å². The van der Waals surface area contributed by atoms with Gasteiger partial charge in [-0.3, -0.25) is 14.2 Å². The number of nitrogens with zero attached hydrogens (tertiary/aromatic N) is 4. The van der Waals surface area contributed by atoms with Crippen LogP contribution in [0, 0.1) is 5.92 Å². The molecule has 0 unspecified atom stereocenters. The predicted octanol–water partition coefficient (Wildman–Crippen LogP) is 3.12. The van der Waals surface area contributed by atoms with Crippen molar-refractivity contribution in [3.63, 3.8) is 0 Å². The van der Waals surface area contributed by atoms with E-state index in [1.54, 1.807) is 0 Å². The van der Waals surface area contributed by atoms with Crippen LogP contribution >= 0.6 is 0 Å². The number of nitrogens with one attached hydrogen (secondary N) is 1. The predicted molar refractivity (Wildman–Crippen MR) is 137 cm³/mol. The zero-order chi connectivity index (χ0) is 23.9. The van der Waals surface area contributed by atoms with Crippen LogP contribution in [0.15, 0.2) is 59.4 Å². The van der Waals surface area contributed by atoms with Crippen LogP contribution in [0.2, 0.25) is 0 Å². The number of aromatic nitrogens is 2. The molecule has 0 atom stereocenters. The molecule has 2 aromatic carbocycles. The maximum absolute atomic E-state index is 13.5. The standard InChI is InChI=1S/C27H35N5O2/c1-3-30(4-2)19-16-28-26(33)22-14-17-31(18-15-22)25-27(34)32(20-21-10-6-5-7-11-21)24-13-9-8-12-23(24)29-25/h5-13,22H,3-4,14-20H2,1-2H3,(H,28,33). The molecule has 1 N–H and O–H groups in total. The van der Waals surface area contributed by atoms with Crippen molar-refractivity contribution in [2.45, 2.75) is 33.2 Å². The number of amides is 1. The highest BCUT2D eigenvalue weighted by Crippen LogP contribution is 2.22. The van der Waals surface area contributed by atoms with Crippen LogP contribution < -0.4 is 15.8 Å². The van der Waals surface area contributed by atoms with Crippen LogP contribution in [0.25, 0.3) is 11.0 Å². The zero-order valence-electron chi connectivity index (χ0n) is 20.2. The lowest BCUT2D eigenvalue weighted by Gasteiger charge is -2.32. The molecule has 1 amide bonds. The number of likely N-dealkylation sites (N-methyl/N-ethyl adjacent to an activating group) is 1. The Labute approximate surface area is 201 Å². The Balaban J connectivity index is 1.47. The van der Waals surface area contributed by atoms with Crippen LogP contribution in [0.3, 0.4) is 0 Å². The molecule has 0 aliphatic carbocycles. The quantitative estimate of drug-likeness (QED) is 0.530. The smallest absolute Gasteiger partial charge is 0.294 e. The molecule has 1 aliphatic heterocycles. The topological polar surface area (TPSA) is 70.5 Å². The number of hydrogen-bond acceptors (Lipinski definition) is 5. The number of para-hydroxylation sites is 2. The van der Waals surface area contributed by atoms with Crippen molar-refractivity contribution in [2.24, 2.45) is 5.92 Å². The molecule has 0 radical (unpaired) electrons. The molecule has 1 fully saturated rings. The first-order valence-corrected chi connectivity index (χ1v) is 12.4. The summed E-state index contributed by atoms with van der Waals surface area (Å²) in [5.41, 5.74) is 2.64. The van der Waals surface area contributed by atoms with E-state index < -0.39 is 0 Å². The highest BCUT2D eigenvalue weighted by molar-refractivity contribution is 5.79. The van der Waals surface area contributed by atoms with E-state index in [-0.39, 0.29) is 17.4 Å². The molecule has 1 saturated heterocycles. The summed E-state index contributed by atoms with van der Waals surface area (Å²) in [5, 5.41) is 3.10. The van der Waals surface area contributed by atoms with E-state index in [4.69, 9.17) is 4.98 Å². The third-order valence-corrected chi connectivity index (χ3v) is 6.81. The molecule has 7 nitrogen and oxygen atoms in total. The van der Waals surface area contributed by atoms with Crippen LogP contribution in [0.1, 0.15) is 32.3 Å². The third-order valence-electron chi connectivity index (χ3n) is 6.81. The summed E-state index contributed by atoms with van der Waals surface area (Å²) in [5.74, 6) is 0.592. The minimum Gasteiger partial charge on any atom is -0.355 e. The van der Waals surface area contributed by atoms with Crippen LogP contribution in [-0.4, -0.2) is 59.6 Å². The van der Waals surface area contributed by atoms with Crippen LogP contribution in [0.4, 0.5) is 5.82 Å². The summed E-state index contributed by atoms with van der Waals surface area (Å²) >= 11 is 0. The maximum atomic E-state index is 13.5. The second kappa shape index (κ2) is 11.3. The average Bonchev–Trinajstić information content (AvgIpc) is 2.89. The monoisotopic (exact) mass is 461 g/mol. The van der Waals surface area contributed by atoms with Gasteiger partial charge in [0.05, 0.1) is 17.6 Å². The molecule has 180 valence electrons. The molecule has 0 bridgehead atoms. The first kappa shape index (κ1) is 24.0. The largest absolute Gasteiger partial charge is 0.355 e.